The number of nitrogens with zero attached hydrogens (tertiary/aromatic N) is 2. The molecule has 1 N–H and O–H groups in total. The molecule has 6 nitrogen and oxygen atoms in total. The van der Waals surface area contributed by atoms with Gasteiger partial charge in [-0.1, -0.05) is 25.1 Å². The highest BCUT2D eigenvalue weighted by atomic mass is 32.2. The standard InChI is InChI=1S/C17H19N3O3S/c1-2-3-11-23-16(22)13-5-7-14(8-6-13)20-15(21)12-24-17-18-9-4-10-19-17/h4-10H,2-3,11-12H2,1H3,(H,20,21). The summed E-state index contributed by atoms with van der Waals surface area (Å²) in [6.07, 6.45) is 5.09. The number of ether oxygens (including phenoxy) is 1. The van der Waals surface area contributed by atoms with E-state index in [1.807, 2.05) is 6.92 Å². The molecular weight excluding hydrogens is 326 g/mol. The number of rotatable bonds is 8. The number of carbonyl (C=O) groups is 2. The summed E-state index contributed by atoms with van der Waals surface area (Å²) < 4.78 is 5.13. The van der Waals surface area contributed by atoms with Gasteiger partial charge in [0.25, 0.3) is 0 Å². The van der Waals surface area contributed by atoms with E-state index in [4.69, 9.17) is 4.74 Å². The predicted molar refractivity (Wildman–Crippen MR) is 93.0 cm³/mol. The number of hydrogen-bond acceptors (Lipinski definition) is 6. The molecule has 0 saturated carbocycles. The van der Waals surface area contributed by atoms with Crippen molar-refractivity contribution in [3.8, 4) is 0 Å². The Morgan fingerprint density at radius 1 is 1.17 bits per heavy atom. The predicted octanol–water partition coefficient (Wildman–Crippen LogP) is 3.16. The highest BCUT2D eigenvalue weighted by Crippen LogP contribution is 2.14. The monoisotopic (exact) mass is 345 g/mol. The fourth-order valence-electron chi connectivity index (χ4n) is 1.77. The number of thioether (sulfide) groups is 1. The number of aromatic nitrogens is 2. The van der Waals surface area contributed by atoms with Gasteiger partial charge in [0.1, 0.15) is 0 Å². The molecule has 1 amide bonds. The Balaban J connectivity index is 1.80. The van der Waals surface area contributed by atoms with Gasteiger partial charge in [-0.05, 0) is 36.8 Å². The van der Waals surface area contributed by atoms with E-state index in [0.29, 0.717) is 23.0 Å². The van der Waals surface area contributed by atoms with Crippen LogP contribution in [0.15, 0.2) is 47.9 Å². The summed E-state index contributed by atoms with van der Waals surface area (Å²) in [6.45, 7) is 2.46. The fourth-order valence-corrected chi connectivity index (χ4v) is 2.37. The molecule has 0 aliphatic heterocycles. The Hall–Kier alpha value is -2.41. The van der Waals surface area contributed by atoms with E-state index < -0.39 is 0 Å². The fraction of sp³-hybridized carbons (Fsp3) is 0.294. The first-order valence-corrected chi connectivity index (χ1v) is 8.64. The molecule has 0 fully saturated rings. The largest absolute Gasteiger partial charge is 0.462 e. The summed E-state index contributed by atoms with van der Waals surface area (Å²) in [6, 6.07) is 8.35. The number of amides is 1. The van der Waals surface area contributed by atoms with Gasteiger partial charge in [0.2, 0.25) is 5.91 Å². The summed E-state index contributed by atoms with van der Waals surface area (Å²) in [5.74, 6) is -0.297. The van der Waals surface area contributed by atoms with Crippen LogP contribution in [0.1, 0.15) is 30.1 Å². The van der Waals surface area contributed by atoms with Crippen LogP contribution in [0.25, 0.3) is 0 Å². The molecule has 7 heteroatoms. The maximum absolute atomic E-state index is 11.9. The van der Waals surface area contributed by atoms with Gasteiger partial charge in [0.05, 0.1) is 17.9 Å². The number of unbranched alkanes of at least 4 members (excludes halogenated alkanes) is 1. The first kappa shape index (κ1) is 17.9. The second-order valence-corrected chi connectivity index (χ2v) is 5.88. The van der Waals surface area contributed by atoms with Crippen LogP contribution in [0, 0.1) is 0 Å². The third-order valence-electron chi connectivity index (χ3n) is 3.01. The first-order valence-electron chi connectivity index (χ1n) is 7.66. The quantitative estimate of drug-likeness (QED) is 0.342. The number of carbonyl (C=O) groups excluding carboxylic acids is 2. The van der Waals surface area contributed by atoms with E-state index >= 15 is 0 Å². The summed E-state index contributed by atoms with van der Waals surface area (Å²) >= 11 is 1.26. The zero-order valence-electron chi connectivity index (χ0n) is 13.4. The number of hydrogen-bond donors (Lipinski definition) is 1. The number of nitrogens with one attached hydrogen (secondary N) is 1. The lowest BCUT2D eigenvalue weighted by Gasteiger charge is -2.07. The van der Waals surface area contributed by atoms with E-state index in [-0.39, 0.29) is 17.6 Å². The summed E-state index contributed by atoms with van der Waals surface area (Å²) in [5.41, 5.74) is 1.09. The molecule has 0 unspecified atom stereocenters. The number of benzene rings is 1. The second kappa shape index (κ2) is 9.67. The molecule has 24 heavy (non-hydrogen) atoms. The average Bonchev–Trinajstić information content (AvgIpc) is 2.61. The van der Waals surface area contributed by atoms with Crippen LogP contribution in [-0.2, 0) is 9.53 Å². The molecule has 0 bridgehead atoms. The van der Waals surface area contributed by atoms with Crippen LogP contribution < -0.4 is 5.32 Å². The molecule has 126 valence electrons. The average molecular weight is 345 g/mol. The number of esters is 1. The van der Waals surface area contributed by atoms with Gasteiger partial charge in [0, 0.05) is 18.1 Å². The van der Waals surface area contributed by atoms with Crippen molar-refractivity contribution >= 4 is 29.3 Å². The van der Waals surface area contributed by atoms with Crippen LogP contribution >= 0.6 is 11.8 Å². The van der Waals surface area contributed by atoms with Gasteiger partial charge in [-0.3, -0.25) is 4.79 Å². The van der Waals surface area contributed by atoms with Crippen molar-refractivity contribution in [3.05, 3.63) is 48.3 Å². The van der Waals surface area contributed by atoms with Gasteiger partial charge in [-0.25, -0.2) is 14.8 Å². The first-order chi connectivity index (χ1) is 11.7. The van der Waals surface area contributed by atoms with Crippen LogP contribution in [0.3, 0.4) is 0 Å². The minimum Gasteiger partial charge on any atom is -0.462 e. The van der Waals surface area contributed by atoms with E-state index in [9.17, 15) is 9.59 Å². The molecule has 0 aliphatic rings. The molecule has 1 heterocycles. The van der Waals surface area contributed by atoms with Crippen molar-refractivity contribution in [2.75, 3.05) is 17.7 Å². The van der Waals surface area contributed by atoms with E-state index in [1.54, 1.807) is 42.7 Å². The smallest absolute Gasteiger partial charge is 0.338 e. The summed E-state index contributed by atoms with van der Waals surface area (Å²) in [7, 11) is 0. The third kappa shape index (κ3) is 6.00. The topological polar surface area (TPSA) is 81.2 Å². The van der Waals surface area contributed by atoms with Gasteiger partial charge >= 0.3 is 5.97 Å². The Morgan fingerprint density at radius 2 is 1.88 bits per heavy atom. The summed E-state index contributed by atoms with van der Waals surface area (Å²) in [4.78, 5) is 31.8. The Morgan fingerprint density at radius 3 is 2.54 bits per heavy atom. The highest BCUT2D eigenvalue weighted by Gasteiger charge is 2.08. The van der Waals surface area contributed by atoms with Crippen LogP contribution in [0.5, 0.6) is 0 Å². The third-order valence-corrected chi connectivity index (χ3v) is 3.89. The lowest BCUT2D eigenvalue weighted by atomic mass is 10.2. The van der Waals surface area contributed by atoms with Crippen molar-refractivity contribution in [1.29, 1.82) is 0 Å². The second-order valence-electron chi connectivity index (χ2n) is 4.94. The van der Waals surface area contributed by atoms with Crippen LogP contribution in [0.4, 0.5) is 5.69 Å². The maximum atomic E-state index is 11.9. The SMILES string of the molecule is CCCCOC(=O)c1ccc(NC(=O)CSc2ncccn2)cc1. The molecule has 0 radical (unpaired) electrons. The molecule has 1 aromatic heterocycles. The van der Waals surface area contributed by atoms with Gasteiger partial charge in [0.15, 0.2) is 5.16 Å². The normalized spacial score (nSPS) is 10.2. The zero-order chi connectivity index (χ0) is 17.2. The molecule has 0 spiro atoms. The van der Waals surface area contributed by atoms with E-state index in [2.05, 4.69) is 15.3 Å². The van der Waals surface area contributed by atoms with Crippen LogP contribution in [-0.4, -0.2) is 34.2 Å². The molecule has 0 aliphatic carbocycles. The van der Waals surface area contributed by atoms with Crippen molar-refractivity contribution < 1.29 is 14.3 Å². The van der Waals surface area contributed by atoms with Crippen LogP contribution in [0.2, 0.25) is 0 Å². The molecule has 0 saturated heterocycles. The van der Waals surface area contributed by atoms with Crippen molar-refractivity contribution in [2.45, 2.75) is 24.9 Å². The Bertz CT molecular complexity index is 663. The Labute approximate surface area is 145 Å². The maximum Gasteiger partial charge on any atom is 0.338 e. The summed E-state index contributed by atoms with van der Waals surface area (Å²) in [5, 5.41) is 3.32. The Kier molecular flexibility index (Phi) is 7.22. The molecule has 2 rings (SSSR count). The number of anilines is 1. The molecule has 0 atom stereocenters. The zero-order valence-corrected chi connectivity index (χ0v) is 14.2. The lowest BCUT2D eigenvalue weighted by molar-refractivity contribution is -0.113. The molecule has 1 aromatic carbocycles. The van der Waals surface area contributed by atoms with Crippen molar-refractivity contribution in [3.63, 3.8) is 0 Å². The van der Waals surface area contributed by atoms with Gasteiger partial charge in [-0.15, -0.1) is 0 Å². The van der Waals surface area contributed by atoms with Gasteiger partial charge in [-0.2, -0.15) is 0 Å². The molecular formula is C17H19N3O3S. The van der Waals surface area contributed by atoms with E-state index in [0.717, 1.165) is 12.8 Å². The minimum atomic E-state index is -0.349. The van der Waals surface area contributed by atoms with Crippen molar-refractivity contribution in [2.24, 2.45) is 0 Å². The highest BCUT2D eigenvalue weighted by molar-refractivity contribution is 7.99. The van der Waals surface area contributed by atoms with E-state index in [1.165, 1.54) is 11.8 Å². The van der Waals surface area contributed by atoms with Gasteiger partial charge < -0.3 is 10.1 Å². The minimum absolute atomic E-state index is 0.161. The lowest BCUT2D eigenvalue weighted by Crippen LogP contribution is -2.14. The molecule has 2 aromatic rings. The van der Waals surface area contributed by atoms with Crippen molar-refractivity contribution in [1.82, 2.24) is 9.97 Å².